The molecule has 0 saturated carbocycles. The third-order valence-corrected chi connectivity index (χ3v) is 4.75. The number of benzene rings is 1. The van der Waals surface area contributed by atoms with Crippen molar-refractivity contribution < 1.29 is 9.53 Å². The maximum atomic E-state index is 10.8. The predicted molar refractivity (Wildman–Crippen MR) is 107 cm³/mol. The van der Waals surface area contributed by atoms with Crippen LogP contribution in [0.2, 0.25) is 0 Å². The molecular weight excluding hydrogens is 348 g/mol. The second-order valence-electron chi connectivity index (χ2n) is 5.89. The van der Waals surface area contributed by atoms with Gasteiger partial charge in [-0.1, -0.05) is 25.1 Å². The molecule has 1 aromatic carbocycles. The normalized spacial score (nSPS) is 12.5. The first-order chi connectivity index (χ1) is 12.6. The molecule has 1 aromatic heterocycles. The minimum Gasteiger partial charge on any atom is -0.484 e. The van der Waals surface area contributed by atoms with Crippen LogP contribution in [0.3, 0.4) is 0 Å². The molecule has 0 spiro atoms. The lowest BCUT2D eigenvalue weighted by Gasteiger charge is -2.15. The topological polar surface area (TPSA) is 88.7 Å². The van der Waals surface area contributed by atoms with Crippen molar-refractivity contribution in [2.45, 2.75) is 26.3 Å². The minimum absolute atomic E-state index is 0.127. The summed E-state index contributed by atoms with van der Waals surface area (Å²) >= 11 is 1.77. The number of nitrogens with zero attached hydrogens (tertiary/aromatic N) is 1. The van der Waals surface area contributed by atoms with Gasteiger partial charge in [0, 0.05) is 23.9 Å². The van der Waals surface area contributed by atoms with Crippen LogP contribution in [0.25, 0.3) is 0 Å². The molecule has 0 radical (unpaired) electrons. The van der Waals surface area contributed by atoms with E-state index in [-0.39, 0.29) is 6.61 Å². The van der Waals surface area contributed by atoms with Crippen molar-refractivity contribution in [3.8, 4) is 5.75 Å². The van der Waals surface area contributed by atoms with Crippen molar-refractivity contribution in [1.82, 2.24) is 10.6 Å². The van der Waals surface area contributed by atoms with E-state index in [1.807, 2.05) is 25.1 Å². The number of primary amides is 1. The van der Waals surface area contributed by atoms with Crippen LogP contribution in [0.5, 0.6) is 5.75 Å². The zero-order valence-corrected chi connectivity index (χ0v) is 16.0. The smallest absolute Gasteiger partial charge is 0.255 e. The van der Waals surface area contributed by atoms with E-state index in [0.29, 0.717) is 18.2 Å². The molecule has 0 fully saturated rings. The van der Waals surface area contributed by atoms with Gasteiger partial charge in [-0.2, -0.15) is 0 Å². The molecule has 1 amide bonds. The lowest BCUT2D eigenvalue weighted by atomic mass is 10.1. The largest absolute Gasteiger partial charge is 0.484 e. The van der Waals surface area contributed by atoms with Crippen LogP contribution < -0.4 is 21.1 Å². The van der Waals surface area contributed by atoms with Gasteiger partial charge in [-0.15, -0.1) is 11.3 Å². The standard InChI is InChI=1S/C19H26N4O2S/c1-3-21-19(22-11-14(2)17-8-5-9-26-17)23-12-15-6-4-7-16(10-15)25-13-18(20)24/h4-10,14H,3,11-13H2,1-2H3,(H2,20,24)(H2,21,22,23). The summed E-state index contributed by atoms with van der Waals surface area (Å²) < 4.78 is 5.33. The summed E-state index contributed by atoms with van der Waals surface area (Å²) in [5.41, 5.74) is 6.10. The molecule has 140 valence electrons. The second-order valence-corrected chi connectivity index (χ2v) is 6.87. The van der Waals surface area contributed by atoms with E-state index in [0.717, 1.165) is 24.6 Å². The number of guanidine groups is 1. The number of hydrogen-bond donors (Lipinski definition) is 3. The number of hydrogen-bond acceptors (Lipinski definition) is 4. The molecule has 0 bridgehead atoms. The molecule has 2 rings (SSSR count). The summed E-state index contributed by atoms with van der Waals surface area (Å²) in [6, 6.07) is 11.7. The van der Waals surface area contributed by atoms with Crippen molar-refractivity contribution in [1.29, 1.82) is 0 Å². The first-order valence-corrected chi connectivity index (χ1v) is 9.52. The molecule has 0 saturated heterocycles. The first kappa shape index (κ1) is 19.8. The van der Waals surface area contributed by atoms with E-state index in [1.165, 1.54) is 4.88 Å². The van der Waals surface area contributed by atoms with E-state index in [9.17, 15) is 4.79 Å². The van der Waals surface area contributed by atoms with Crippen LogP contribution in [0, 0.1) is 0 Å². The molecule has 2 aromatic rings. The number of carbonyl (C=O) groups excluding carboxylic acids is 1. The quantitative estimate of drug-likeness (QED) is 0.465. The number of ether oxygens (including phenoxy) is 1. The van der Waals surface area contributed by atoms with Gasteiger partial charge >= 0.3 is 0 Å². The zero-order valence-electron chi connectivity index (χ0n) is 15.2. The maximum absolute atomic E-state index is 10.8. The van der Waals surface area contributed by atoms with Crippen molar-refractivity contribution in [3.63, 3.8) is 0 Å². The van der Waals surface area contributed by atoms with Crippen LogP contribution >= 0.6 is 11.3 Å². The fourth-order valence-corrected chi connectivity index (χ4v) is 3.11. The number of aliphatic imine (C=N–C) groups is 1. The number of rotatable bonds is 9. The van der Waals surface area contributed by atoms with Gasteiger partial charge in [-0.3, -0.25) is 4.79 Å². The van der Waals surface area contributed by atoms with Gasteiger partial charge in [0.05, 0.1) is 6.54 Å². The Labute approximate surface area is 158 Å². The molecule has 1 unspecified atom stereocenters. The molecule has 1 atom stereocenters. The lowest BCUT2D eigenvalue weighted by molar-refractivity contribution is -0.119. The van der Waals surface area contributed by atoms with E-state index in [1.54, 1.807) is 17.4 Å². The van der Waals surface area contributed by atoms with E-state index in [4.69, 9.17) is 10.5 Å². The first-order valence-electron chi connectivity index (χ1n) is 8.64. The highest BCUT2D eigenvalue weighted by atomic mass is 32.1. The highest BCUT2D eigenvalue weighted by Gasteiger charge is 2.07. The van der Waals surface area contributed by atoms with Crippen molar-refractivity contribution >= 4 is 23.2 Å². The fraction of sp³-hybridized carbons (Fsp3) is 0.368. The van der Waals surface area contributed by atoms with Gasteiger partial charge in [0.2, 0.25) is 0 Å². The highest BCUT2D eigenvalue weighted by molar-refractivity contribution is 7.10. The monoisotopic (exact) mass is 374 g/mol. The summed E-state index contributed by atoms with van der Waals surface area (Å²) in [4.78, 5) is 16.8. The van der Waals surface area contributed by atoms with Gasteiger partial charge in [-0.25, -0.2) is 4.99 Å². The summed E-state index contributed by atoms with van der Waals surface area (Å²) in [5, 5.41) is 8.74. The van der Waals surface area contributed by atoms with E-state index < -0.39 is 5.91 Å². The molecular formula is C19H26N4O2S. The van der Waals surface area contributed by atoms with Crippen molar-refractivity contribution in [2.24, 2.45) is 10.7 Å². The summed E-state index contributed by atoms with van der Waals surface area (Å²) in [7, 11) is 0. The Kier molecular flexibility index (Phi) is 7.95. The molecule has 26 heavy (non-hydrogen) atoms. The Bertz CT molecular complexity index is 716. The molecule has 4 N–H and O–H groups in total. The SMILES string of the molecule is CCNC(=NCc1cccc(OCC(N)=O)c1)NCC(C)c1cccs1. The Hall–Kier alpha value is -2.54. The molecule has 6 nitrogen and oxygen atoms in total. The number of amides is 1. The van der Waals surface area contributed by atoms with Crippen LogP contribution in [0.1, 0.15) is 30.2 Å². The van der Waals surface area contributed by atoms with Crippen LogP contribution in [-0.2, 0) is 11.3 Å². The summed E-state index contributed by atoms with van der Waals surface area (Å²) in [6.07, 6.45) is 0. The summed E-state index contributed by atoms with van der Waals surface area (Å²) in [5.74, 6) is 1.32. The highest BCUT2D eigenvalue weighted by Crippen LogP contribution is 2.19. The van der Waals surface area contributed by atoms with Crippen LogP contribution in [0.4, 0.5) is 0 Å². The Morgan fingerprint density at radius 1 is 1.31 bits per heavy atom. The Morgan fingerprint density at radius 2 is 2.15 bits per heavy atom. The number of thiophene rings is 1. The van der Waals surface area contributed by atoms with Crippen LogP contribution in [-0.4, -0.2) is 31.6 Å². The second kappa shape index (κ2) is 10.5. The van der Waals surface area contributed by atoms with E-state index in [2.05, 4.69) is 40.1 Å². The average molecular weight is 375 g/mol. The molecule has 0 aliphatic heterocycles. The van der Waals surface area contributed by atoms with Gasteiger partial charge < -0.3 is 21.1 Å². The lowest BCUT2D eigenvalue weighted by Crippen LogP contribution is -2.39. The maximum Gasteiger partial charge on any atom is 0.255 e. The van der Waals surface area contributed by atoms with Gasteiger partial charge in [-0.05, 0) is 36.1 Å². The Morgan fingerprint density at radius 3 is 2.85 bits per heavy atom. The Balaban J connectivity index is 1.93. The van der Waals surface area contributed by atoms with E-state index >= 15 is 0 Å². The predicted octanol–water partition coefficient (Wildman–Crippen LogP) is 2.47. The van der Waals surface area contributed by atoms with Gasteiger partial charge in [0.1, 0.15) is 5.75 Å². The molecule has 7 heteroatoms. The molecule has 0 aliphatic carbocycles. The number of carbonyl (C=O) groups is 1. The number of nitrogens with one attached hydrogen (secondary N) is 2. The third-order valence-electron chi connectivity index (χ3n) is 3.65. The minimum atomic E-state index is -0.494. The van der Waals surface area contributed by atoms with Gasteiger partial charge in [0.15, 0.2) is 12.6 Å². The fourth-order valence-electron chi connectivity index (χ4n) is 2.32. The molecule has 1 heterocycles. The molecule has 0 aliphatic rings. The van der Waals surface area contributed by atoms with Gasteiger partial charge in [0.25, 0.3) is 5.91 Å². The number of nitrogens with two attached hydrogens (primary N) is 1. The van der Waals surface area contributed by atoms with Crippen molar-refractivity contribution in [2.75, 3.05) is 19.7 Å². The summed E-state index contributed by atoms with van der Waals surface area (Å²) in [6.45, 7) is 6.23. The zero-order chi connectivity index (χ0) is 18.8. The third kappa shape index (κ3) is 6.76. The van der Waals surface area contributed by atoms with Crippen LogP contribution in [0.15, 0.2) is 46.8 Å². The average Bonchev–Trinajstić information content (AvgIpc) is 3.17. The van der Waals surface area contributed by atoms with Crippen molar-refractivity contribution in [3.05, 3.63) is 52.2 Å².